The van der Waals surface area contributed by atoms with E-state index in [1.54, 1.807) is 16.2 Å². The Balaban J connectivity index is 1.38. The zero-order valence-corrected chi connectivity index (χ0v) is 21.0. The number of nitrogens with two attached hydrogens (primary N) is 1. The monoisotopic (exact) mass is 497 g/mol. The zero-order valence-electron chi connectivity index (χ0n) is 20.2. The summed E-state index contributed by atoms with van der Waals surface area (Å²) < 4.78 is 1.19. The number of fused-ring (bicyclic) bond motifs is 1. The van der Waals surface area contributed by atoms with Crippen LogP contribution in [0.5, 0.6) is 0 Å². The summed E-state index contributed by atoms with van der Waals surface area (Å²) in [6, 6.07) is 25.7. The number of amides is 2. The van der Waals surface area contributed by atoms with Crippen molar-refractivity contribution in [3.63, 3.8) is 0 Å². The van der Waals surface area contributed by atoms with Crippen molar-refractivity contribution in [3.8, 4) is 11.1 Å². The molecule has 1 saturated heterocycles. The standard InChI is InChI=1S/C30H31N3O2S/c31-17-7-6-11-27-29(34)32-26(18-24-20-36-28-12-5-4-10-25(24)28)30(35)33(27)19-21-13-15-23(16-14-21)22-8-2-1-3-9-22/h1-5,8-10,12-16,20,26-27H,6-7,11,17-19,31H2,(H,32,34). The molecule has 0 aliphatic carbocycles. The Morgan fingerprint density at radius 1 is 0.861 bits per heavy atom. The second-order valence-electron chi connectivity index (χ2n) is 9.35. The van der Waals surface area contributed by atoms with Gasteiger partial charge in [0.15, 0.2) is 0 Å². The topological polar surface area (TPSA) is 75.4 Å². The van der Waals surface area contributed by atoms with Gasteiger partial charge in [-0.1, -0.05) is 72.8 Å². The number of carbonyl (C=O) groups excluding carboxylic acids is 2. The van der Waals surface area contributed by atoms with Crippen molar-refractivity contribution in [2.24, 2.45) is 5.73 Å². The fourth-order valence-electron chi connectivity index (χ4n) is 4.96. The van der Waals surface area contributed by atoms with Gasteiger partial charge >= 0.3 is 0 Å². The molecule has 6 heteroatoms. The van der Waals surface area contributed by atoms with Crippen LogP contribution in [0.2, 0.25) is 0 Å². The smallest absolute Gasteiger partial charge is 0.246 e. The minimum Gasteiger partial charge on any atom is -0.342 e. The van der Waals surface area contributed by atoms with E-state index in [9.17, 15) is 9.59 Å². The number of benzene rings is 3. The molecular formula is C30H31N3O2S. The summed E-state index contributed by atoms with van der Waals surface area (Å²) in [5.41, 5.74) is 10.1. The van der Waals surface area contributed by atoms with Crippen LogP contribution in [0.15, 0.2) is 84.2 Å². The van der Waals surface area contributed by atoms with Gasteiger partial charge in [-0.25, -0.2) is 0 Å². The Morgan fingerprint density at radius 2 is 1.58 bits per heavy atom. The third-order valence-corrected chi connectivity index (χ3v) is 7.92. The van der Waals surface area contributed by atoms with E-state index in [0.717, 1.165) is 40.5 Å². The SMILES string of the molecule is NCCCCC1C(=O)NC(Cc2csc3ccccc23)C(=O)N1Cc1ccc(-c2ccccc2)cc1. The normalized spacial score (nSPS) is 18.0. The second-order valence-corrected chi connectivity index (χ2v) is 10.3. The molecule has 2 amide bonds. The lowest BCUT2D eigenvalue weighted by molar-refractivity contribution is -0.150. The number of piperazine rings is 1. The molecule has 2 heterocycles. The Kier molecular flexibility index (Phi) is 7.44. The van der Waals surface area contributed by atoms with Crippen molar-refractivity contribution in [2.75, 3.05) is 6.54 Å². The summed E-state index contributed by atoms with van der Waals surface area (Å²) >= 11 is 1.67. The quantitative estimate of drug-likeness (QED) is 0.315. The van der Waals surface area contributed by atoms with E-state index in [2.05, 4.69) is 59.2 Å². The molecule has 5 rings (SSSR count). The molecule has 2 unspecified atom stereocenters. The maximum atomic E-state index is 13.8. The number of nitrogens with zero attached hydrogens (tertiary/aromatic N) is 1. The van der Waals surface area contributed by atoms with Gasteiger partial charge in [0.25, 0.3) is 0 Å². The highest BCUT2D eigenvalue weighted by molar-refractivity contribution is 7.17. The van der Waals surface area contributed by atoms with Crippen LogP contribution in [0.4, 0.5) is 0 Å². The predicted molar refractivity (Wildman–Crippen MR) is 147 cm³/mol. The molecule has 1 aliphatic rings. The number of hydrogen-bond donors (Lipinski definition) is 2. The minimum atomic E-state index is -0.565. The summed E-state index contributed by atoms with van der Waals surface area (Å²) in [5.74, 6) is -0.0909. The van der Waals surface area contributed by atoms with Crippen LogP contribution in [0, 0.1) is 0 Å². The number of rotatable bonds is 9. The number of hydrogen-bond acceptors (Lipinski definition) is 4. The van der Waals surface area contributed by atoms with Gasteiger partial charge in [-0.15, -0.1) is 11.3 Å². The first-order valence-electron chi connectivity index (χ1n) is 12.5. The number of unbranched alkanes of at least 4 members (excludes halogenated alkanes) is 1. The largest absolute Gasteiger partial charge is 0.342 e. The molecule has 1 fully saturated rings. The van der Waals surface area contributed by atoms with Crippen LogP contribution in [0.1, 0.15) is 30.4 Å². The third-order valence-electron chi connectivity index (χ3n) is 6.91. The lowest BCUT2D eigenvalue weighted by Gasteiger charge is -2.39. The first-order valence-corrected chi connectivity index (χ1v) is 13.4. The average Bonchev–Trinajstić information content (AvgIpc) is 3.32. The average molecular weight is 498 g/mol. The zero-order chi connectivity index (χ0) is 24.9. The van der Waals surface area contributed by atoms with E-state index in [1.165, 1.54) is 4.70 Å². The Bertz CT molecular complexity index is 1330. The molecule has 36 heavy (non-hydrogen) atoms. The third kappa shape index (κ3) is 5.20. The Morgan fingerprint density at radius 3 is 2.36 bits per heavy atom. The van der Waals surface area contributed by atoms with Gasteiger partial charge in [-0.05, 0) is 64.9 Å². The first-order chi connectivity index (χ1) is 17.6. The molecule has 3 N–H and O–H groups in total. The number of carbonyl (C=O) groups is 2. The fourth-order valence-corrected chi connectivity index (χ4v) is 5.94. The van der Waals surface area contributed by atoms with Crippen molar-refractivity contribution in [2.45, 2.75) is 44.3 Å². The lowest BCUT2D eigenvalue weighted by atomic mass is 9.96. The number of thiophene rings is 1. The lowest BCUT2D eigenvalue weighted by Crippen LogP contribution is -2.63. The van der Waals surface area contributed by atoms with Crippen molar-refractivity contribution < 1.29 is 9.59 Å². The van der Waals surface area contributed by atoms with Crippen LogP contribution < -0.4 is 11.1 Å². The highest BCUT2D eigenvalue weighted by atomic mass is 32.1. The molecule has 0 saturated carbocycles. The molecule has 0 spiro atoms. The van der Waals surface area contributed by atoms with E-state index >= 15 is 0 Å². The maximum Gasteiger partial charge on any atom is 0.246 e. The van der Waals surface area contributed by atoms with E-state index in [1.807, 2.05) is 30.3 Å². The van der Waals surface area contributed by atoms with Gasteiger partial charge < -0.3 is 16.0 Å². The fraction of sp³-hybridized carbons (Fsp3) is 0.267. The van der Waals surface area contributed by atoms with Crippen LogP contribution >= 0.6 is 11.3 Å². The Hall–Kier alpha value is -3.48. The summed E-state index contributed by atoms with van der Waals surface area (Å²) in [4.78, 5) is 28.8. The van der Waals surface area contributed by atoms with Crippen molar-refractivity contribution in [1.29, 1.82) is 0 Å². The van der Waals surface area contributed by atoms with Gasteiger partial charge in [-0.2, -0.15) is 0 Å². The van der Waals surface area contributed by atoms with Gasteiger partial charge in [0.1, 0.15) is 12.1 Å². The summed E-state index contributed by atoms with van der Waals surface area (Å²) in [5, 5.41) is 6.29. The minimum absolute atomic E-state index is 0.0187. The van der Waals surface area contributed by atoms with E-state index in [4.69, 9.17) is 5.73 Å². The van der Waals surface area contributed by atoms with E-state index in [0.29, 0.717) is 25.9 Å². The predicted octanol–water partition coefficient (Wildman–Crippen LogP) is 5.14. The van der Waals surface area contributed by atoms with Crippen LogP contribution in [0.25, 0.3) is 21.2 Å². The van der Waals surface area contributed by atoms with Crippen LogP contribution in [-0.4, -0.2) is 35.3 Å². The van der Waals surface area contributed by atoms with Gasteiger partial charge in [0.05, 0.1) is 0 Å². The van der Waals surface area contributed by atoms with E-state index in [-0.39, 0.29) is 11.8 Å². The first kappa shape index (κ1) is 24.2. The molecule has 2 atom stereocenters. The molecule has 0 bridgehead atoms. The second kappa shape index (κ2) is 11.1. The molecule has 1 aliphatic heterocycles. The molecule has 3 aromatic carbocycles. The number of nitrogens with one attached hydrogen (secondary N) is 1. The molecule has 0 radical (unpaired) electrons. The van der Waals surface area contributed by atoms with Crippen molar-refractivity contribution in [3.05, 3.63) is 95.4 Å². The molecule has 5 nitrogen and oxygen atoms in total. The van der Waals surface area contributed by atoms with Crippen molar-refractivity contribution in [1.82, 2.24) is 10.2 Å². The van der Waals surface area contributed by atoms with Gasteiger partial charge in [0, 0.05) is 17.7 Å². The highest BCUT2D eigenvalue weighted by Crippen LogP contribution is 2.29. The molecule has 4 aromatic rings. The Labute approximate surface area is 215 Å². The maximum absolute atomic E-state index is 13.8. The molecule has 1 aromatic heterocycles. The van der Waals surface area contributed by atoms with Crippen LogP contribution in [-0.2, 0) is 22.6 Å². The van der Waals surface area contributed by atoms with E-state index < -0.39 is 12.1 Å². The van der Waals surface area contributed by atoms with Crippen molar-refractivity contribution >= 4 is 33.2 Å². The summed E-state index contributed by atoms with van der Waals surface area (Å²) in [7, 11) is 0. The van der Waals surface area contributed by atoms with Gasteiger partial charge in [0.2, 0.25) is 11.8 Å². The van der Waals surface area contributed by atoms with Gasteiger partial charge in [-0.3, -0.25) is 9.59 Å². The highest BCUT2D eigenvalue weighted by Gasteiger charge is 2.40. The summed E-state index contributed by atoms with van der Waals surface area (Å²) in [6.45, 7) is 0.993. The molecule has 184 valence electrons. The van der Waals surface area contributed by atoms with Crippen LogP contribution in [0.3, 0.4) is 0 Å². The summed E-state index contributed by atoms with van der Waals surface area (Å²) in [6.07, 6.45) is 2.76. The molecular weight excluding hydrogens is 466 g/mol.